The summed E-state index contributed by atoms with van der Waals surface area (Å²) in [4.78, 5) is 53.4. The highest BCUT2D eigenvalue weighted by atomic mass is 16.7. The minimum absolute atomic E-state index is 0.0612. The lowest BCUT2D eigenvalue weighted by atomic mass is 9.78. The fourth-order valence-electron chi connectivity index (χ4n) is 7.61. The van der Waals surface area contributed by atoms with Crippen molar-refractivity contribution < 1.29 is 63.3 Å². The van der Waals surface area contributed by atoms with Crippen LogP contribution < -0.4 is 20.1 Å². The average molecular weight is 831 g/mol. The van der Waals surface area contributed by atoms with E-state index in [9.17, 15) is 39.6 Å². The number of phenolic OH excluding ortho intramolecular Hbond substituents is 2. The molecule has 0 saturated heterocycles. The van der Waals surface area contributed by atoms with E-state index in [1.54, 1.807) is 70.2 Å². The number of aliphatic hydroxyl groups excluding tert-OH is 2. The maximum atomic E-state index is 14.5. The average Bonchev–Trinajstić information content (AvgIpc) is 3.48. The smallest absolute Gasteiger partial charge is 0.312 e. The Kier molecular flexibility index (Phi) is 14.0. The molecule has 3 aromatic carbocycles. The zero-order valence-electron chi connectivity index (χ0n) is 35.1. The van der Waals surface area contributed by atoms with Crippen LogP contribution in [0.25, 0.3) is 10.8 Å². The SMILES string of the molecule is CO[C@H]1/C=C/O[C@@]2(C)Oc3c(C)c(O)c4c(O)c(cc(OCC(=O)Nc5ccccc5)c4c3C2=O)NC(=O)/C(C)=C\C=C\[C@@H](C)[C@@H](O)[C@@H](C)[C@H](O)[C@@H](C)[C@H](OC(C)=O)[C@@H]1C. The molecule has 2 amide bonds. The van der Waals surface area contributed by atoms with Gasteiger partial charge in [0.25, 0.3) is 17.6 Å². The first-order valence-corrected chi connectivity index (χ1v) is 19.6. The lowest BCUT2D eigenvalue weighted by Gasteiger charge is -2.38. The van der Waals surface area contributed by atoms with E-state index in [0.717, 1.165) is 0 Å². The van der Waals surface area contributed by atoms with Crippen LogP contribution in [-0.2, 0) is 28.6 Å². The number of aliphatic hydroxyl groups is 2. The molecule has 6 N–H and O–H groups in total. The molecule has 3 aliphatic rings. The molecule has 0 aliphatic carbocycles. The summed E-state index contributed by atoms with van der Waals surface area (Å²) in [5, 5.41) is 51.1. The molecular weight excluding hydrogens is 776 g/mol. The number of ketones is 1. The number of para-hydroxylation sites is 1. The molecule has 60 heavy (non-hydrogen) atoms. The van der Waals surface area contributed by atoms with Crippen LogP contribution >= 0.6 is 0 Å². The molecule has 3 aliphatic heterocycles. The Hall–Kier alpha value is -5.90. The van der Waals surface area contributed by atoms with Gasteiger partial charge in [-0.1, -0.05) is 64.1 Å². The number of carbonyl (C=O) groups is 4. The number of fused-ring (bicyclic) bond motifs is 14. The third-order valence-corrected chi connectivity index (χ3v) is 11.2. The van der Waals surface area contributed by atoms with Crippen LogP contribution in [-0.4, -0.2) is 87.9 Å². The predicted molar refractivity (Wildman–Crippen MR) is 223 cm³/mol. The van der Waals surface area contributed by atoms with E-state index in [1.165, 1.54) is 59.3 Å². The van der Waals surface area contributed by atoms with Crippen molar-refractivity contribution in [2.75, 3.05) is 24.4 Å². The van der Waals surface area contributed by atoms with Gasteiger partial charge in [-0.15, -0.1) is 0 Å². The number of hydrogen-bond acceptors (Lipinski definition) is 13. The highest BCUT2D eigenvalue weighted by molar-refractivity contribution is 6.21. The van der Waals surface area contributed by atoms with Crippen molar-refractivity contribution in [3.8, 4) is 23.0 Å². The lowest BCUT2D eigenvalue weighted by Crippen LogP contribution is -2.46. The monoisotopic (exact) mass is 830 g/mol. The Morgan fingerprint density at radius 1 is 0.933 bits per heavy atom. The lowest BCUT2D eigenvalue weighted by molar-refractivity contribution is -0.160. The van der Waals surface area contributed by atoms with Crippen LogP contribution in [0.2, 0.25) is 0 Å². The minimum Gasteiger partial charge on any atom is -0.507 e. The fourth-order valence-corrected chi connectivity index (χ4v) is 7.61. The third kappa shape index (κ3) is 9.28. The zero-order chi connectivity index (χ0) is 44.2. The number of carbonyl (C=O) groups excluding carboxylic acids is 4. The molecule has 5 bridgehead atoms. The number of nitrogens with one attached hydrogen (secondary N) is 2. The quantitative estimate of drug-likeness (QED) is 0.123. The number of aromatic hydroxyl groups is 2. The normalized spacial score (nSPS) is 29.4. The molecule has 15 nitrogen and oxygen atoms in total. The number of esters is 1. The number of benzene rings is 3. The van der Waals surface area contributed by atoms with Gasteiger partial charge < -0.3 is 54.7 Å². The predicted octanol–water partition coefficient (Wildman–Crippen LogP) is 6.07. The topological polar surface area (TPSA) is 219 Å². The second-order valence-electron chi connectivity index (χ2n) is 15.6. The standard InChI is InChI=1S/C45H54N2O13/c1-22-14-13-15-23(2)44(55)47-30-20-32(57-21-33(49)46-29-16-11-10-12-17-29)34-35(40(30)53)39(52)27(6)42-36(34)43(54)45(8,60-42)58-19-18-31(56-9)24(3)41(59-28(7)48)26(5)38(51)25(4)37(22)50/h10-20,22,24-26,31,37-38,41,50-53H,21H2,1-9H3,(H,46,49)(H,47,55)/b14-13+,19-18+,23-15-/t22-,24-,25-,26-,31+,37-,38+,41-,45+/m1/s1. The number of amides is 2. The molecule has 3 aromatic rings. The number of rotatable bonds is 6. The van der Waals surface area contributed by atoms with Gasteiger partial charge >= 0.3 is 11.8 Å². The number of allylic oxidation sites excluding steroid dienone is 2. The fraction of sp³-hybridized carbons (Fsp3) is 0.422. The summed E-state index contributed by atoms with van der Waals surface area (Å²) in [6.45, 7) is 11.9. The summed E-state index contributed by atoms with van der Waals surface area (Å²) in [6, 6.07) is 9.87. The van der Waals surface area contributed by atoms with E-state index in [-0.39, 0.29) is 44.7 Å². The summed E-state index contributed by atoms with van der Waals surface area (Å²) >= 11 is 0. The second kappa shape index (κ2) is 18.6. The number of phenols is 2. The molecule has 0 spiro atoms. The highest BCUT2D eigenvalue weighted by Gasteiger charge is 2.49. The third-order valence-electron chi connectivity index (χ3n) is 11.2. The maximum absolute atomic E-state index is 14.5. The Morgan fingerprint density at radius 2 is 1.62 bits per heavy atom. The van der Waals surface area contributed by atoms with Crippen molar-refractivity contribution in [1.29, 1.82) is 0 Å². The van der Waals surface area contributed by atoms with E-state index in [4.69, 9.17) is 23.7 Å². The molecule has 0 unspecified atom stereocenters. The first kappa shape index (κ1) is 45.2. The van der Waals surface area contributed by atoms with E-state index >= 15 is 0 Å². The van der Waals surface area contributed by atoms with Gasteiger partial charge in [-0.25, -0.2) is 0 Å². The molecule has 6 rings (SSSR count). The zero-order valence-corrected chi connectivity index (χ0v) is 35.1. The van der Waals surface area contributed by atoms with Crippen molar-refractivity contribution in [1.82, 2.24) is 0 Å². The number of ether oxygens (including phenoxy) is 5. The van der Waals surface area contributed by atoms with Crippen molar-refractivity contribution >= 4 is 45.7 Å². The van der Waals surface area contributed by atoms with Gasteiger partial charge in [-0.2, -0.15) is 0 Å². The van der Waals surface area contributed by atoms with Gasteiger partial charge in [-0.3, -0.25) is 19.2 Å². The molecule has 9 atom stereocenters. The van der Waals surface area contributed by atoms with Gasteiger partial charge in [0.1, 0.15) is 23.4 Å². The Bertz CT molecular complexity index is 2220. The van der Waals surface area contributed by atoms with E-state index in [2.05, 4.69) is 10.6 Å². The van der Waals surface area contributed by atoms with E-state index in [1.807, 2.05) is 0 Å². The summed E-state index contributed by atoms with van der Waals surface area (Å²) < 4.78 is 29.6. The van der Waals surface area contributed by atoms with Crippen LogP contribution in [0.3, 0.4) is 0 Å². The minimum atomic E-state index is -2.04. The largest absolute Gasteiger partial charge is 0.507 e. The van der Waals surface area contributed by atoms with Gasteiger partial charge in [0.05, 0.1) is 41.2 Å². The van der Waals surface area contributed by atoms with E-state index in [0.29, 0.717) is 5.69 Å². The first-order valence-electron chi connectivity index (χ1n) is 19.6. The summed E-state index contributed by atoms with van der Waals surface area (Å²) in [6.07, 6.45) is 3.52. The van der Waals surface area contributed by atoms with Gasteiger partial charge in [0.15, 0.2) is 12.4 Å². The first-order chi connectivity index (χ1) is 28.3. The number of anilines is 2. The Balaban J connectivity index is 1.66. The molecule has 0 fully saturated rings. The van der Waals surface area contributed by atoms with E-state index < -0.39 is 95.5 Å². The van der Waals surface area contributed by atoms with Crippen LogP contribution in [0.5, 0.6) is 23.0 Å². The van der Waals surface area contributed by atoms with Crippen molar-refractivity contribution in [3.05, 3.63) is 83.7 Å². The Labute approximate surface area is 348 Å². The number of Topliss-reactive ketones (excluding diaryl/α,β-unsaturated/α-hetero) is 1. The van der Waals surface area contributed by atoms with Gasteiger partial charge in [0.2, 0.25) is 0 Å². The molecule has 0 radical (unpaired) electrons. The molecule has 15 heteroatoms. The molecule has 3 heterocycles. The molecular formula is C45H54N2O13. The van der Waals surface area contributed by atoms with Crippen LogP contribution in [0, 0.1) is 30.6 Å². The van der Waals surface area contributed by atoms with Crippen LogP contribution in [0.15, 0.2) is 72.5 Å². The van der Waals surface area contributed by atoms with Crippen LogP contribution in [0.4, 0.5) is 11.4 Å². The summed E-state index contributed by atoms with van der Waals surface area (Å²) in [5.41, 5.74) is 0.412. The molecule has 0 aromatic heterocycles. The second-order valence-corrected chi connectivity index (χ2v) is 15.6. The number of hydrogen-bond donors (Lipinski definition) is 6. The van der Waals surface area contributed by atoms with Gasteiger partial charge in [0, 0.05) is 72.9 Å². The van der Waals surface area contributed by atoms with Crippen molar-refractivity contribution in [3.63, 3.8) is 0 Å². The molecule has 322 valence electrons. The van der Waals surface area contributed by atoms with Crippen molar-refractivity contribution in [2.45, 2.75) is 85.6 Å². The highest BCUT2D eigenvalue weighted by Crippen LogP contribution is 2.54. The maximum Gasteiger partial charge on any atom is 0.312 e. The Morgan fingerprint density at radius 3 is 2.27 bits per heavy atom. The van der Waals surface area contributed by atoms with Crippen LogP contribution in [0.1, 0.15) is 64.4 Å². The number of methoxy groups -OCH3 is 1. The van der Waals surface area contributed by atoms with Crippen molar-refractivity contribution in [2.24, 2.45) is 23.7 Å². The summed E-state index contributed by atoms with van der Waals surface area (Å²) in [7, 11) is 1.43. The van der Waals surface area contributed by atoms with Gasteiger partial charge in [-0.05, 0) is 32.1 Å². The molecule has 0 saturated carbocycles. The summed E-state index contributed by atoms with van der Waals surface area (Å²) in [5.74, 6) is -8.41.